The van der Waals surface area contributed by atoms with Crippen LogP contribution in [0.3, 0.4) is 0 Å². The Morgan fingerprint density at radius 2 is 2.05 bits per heavy atom. The molecule has 1 aromatic carbocycles. The zero-order valence-corrected chi connectivity index (χ0v) is 13.3. The second-order valence-corrected chi connectivity index (χ2v) is 7.42. The number of ether oxygens (including phenoxy) is 2. The van der Waals surface area contributed by atoms with Crippen molar-refractivity contribution in [2.45, 2.75) is 44.8 Å². The average Bonchev–Trinajstić information content (AvgIpc) is 3.01. The van der Waals surface area contributed by atoms with Crippen molar-refractivity contribution >= 4 is 5.97 Å². The van der Waals surface area contributed by atoms with Crippen LogP contribution < -0.4 is 4.74 Å². The van der Waals surface area contributed by atoms with Crippen LogP contribution in [0.25, 0.3) is 0 Å². The molecule has 0 N–H and O–H groups in total. The van der Waals surface area contributed by atoms with E-state index in [9.17, 15) is 4.79 Å². The summed E-state index contributed by atoms with van der Waals surface area (Å²) in [7, 11) is 0. The third-order valence-corrected chi connectivity index (χ3v) is 5.07. The van der Waals surface area contributed by atoms with Gasteiger partial charge in [0, 0.05) is 23.2 Å². The van der Waals surface area contributed by atoms with E-state index < -0.39 is 0 Å². The van der Waals surface area contributed by atoms with Gasteiger partial charge in [0.15, 0.2) is 0 Å². The Labute approximate surface area is 130 Å². The van der Waals surface area contributed by atoms with Crippen molar-refractivity contribution in [2.75, 3.05) is 13.2 Å². The molecule has 3 heterocycles. The van der Waals surface area contributed by atoms with Crippen molar-refractivity contribution in [1.82, 2.24) is 4.90 Å². The van der Waals surface area contributed by atoms with E-state index in [2.05, 4.69) is 37.9 Å². The van der Waals surface area contributed by atoms with E-state index in [0.717, 1.165) is 24.3 Å². The molecule has 1 unspecified atom stereocenters. The number of rotatable bonds is 0. The Balaban J connectivity index is 1.74. The smallest absolute Gasteiger partial charge is 0.339 e. The molecule has 0 saturated heterocycles. The highest BCUT2D eigenvalue weighted by molar-refractivity contribution is 5.94. The molecule has 1 spiro atoms. The molecule has 3 aliphatic heterocycles. The van der Waals surface area contributed by atoms with Gasteiger partial charge in [0.25, 0.3) is 0 Å². The maximum Gasteiger partial charge on any atom is 0.339 e. The van der Waals surface area contributed by atoms with E-state index >= 15 is 0 Å². The summed E-state index contributed by atoms with van der Waals surface area (Å²) in [4.78, 5) is 14.1. The normalized spacial score (nSPS) is 26.0. The molecule has 116 valence electrons. The minimum atomic E-state index is -0.236. The average molecular weight is 299 g/mol. The summed E-state index contributed by atoms with van der Waals surface area (Å²) >= 11 is 0. The summed E-state index contributed by atoms with van der Waals surface area (Å²) in [5.41, 5.74) is 2.86. The fourth-order valence-electron chi connectivity index (χ4n) is 3.63. The SMILES string of the molecule is CC(C)(C)N1C=CC2(CC1)COc1c2ccc2c1COC2=O. The maximum absolute atomic E-state index is 11.7. The topological polar surface area (TPSA) is 38.8 Å². The molecule has 22 heavy (non-hydrogen) atoms. The lowest BCUT2D eigenvalue weighted by atomic mass is 9.76. The Bertz CT molecular complexity index is 686. The molecule has 0 fully saturated rings. The van der Waals surface area contributed by atoms with Crippen LogP contribution in [0.15, 0.2) is 24.4 Å². The summed E-state index contributed by atoms with van der Waals surface area (Å²) in [6.07, 6.45) is 5.51. The van der Waals surface area contributed by atoms with Crippen LogP contribution in [0.2, 0.25) is 0 Å². The summed E-state index contributed by atoms with van der Waals surface area (Å²) < 4.78 is 11.1. The maximum atomic E-state index is 11.7. The molecule has 4 heteroatoms. The van der Waals surface area contributed by atoms with Gasteiger partial charge in [-0.05, 0) is 39.5 Å². The molecule has 0 saturated carbocycles. The van der Waals surface area contributed by atoms with Crippen LogP contribution in [-0.2, 0) is 16.8 Å². The Morgan fingerprint density at radius 1 is 1.23 bits per heavy atom. The number of carbonyl (C=O) groups is 1. The fourth-order valence-corrected chi connectivity index (χ4v) is 3.63. The van der Waals surface area contributed by atoms with Crippen LogP contribution in [-0.4, -0.2) is 29.6 Å². The van der Waals surface area contributed by atoms with Crippen LogP contribution in [0.1, 0.15) is 48.7 Å². The van der Waals surface area contributed by atoms with Crippen molar-refractivity contribution in [1.29, 1.82) is 0 Å². The number of cyclic esters (lactones) is 1. The first-order valence-electron chi connectivity index (χ1n) is 7.83. The van der Waals surface area contributed by atoms with Gasteiger partial charge in [-0.2, -0.15) is 0 Å². The van der Waals surface area contributed by atoms with Crippen molar-refractivity contribution in [3.63, 3.8) is 0 Å². The van der Waals surface area contributed by atoms with Crippen molar-refractivity contribution in [3.8, 4) is 5.75 Å². The predicted octanol–water partition coefficient (Wildman–Crippen LogP) is 3.01. The molecule has 4 rings (SSSR count). The van der Waals surface area contributed by atoms with Gasteiger partial charge in [-0.1, -0.05) is 12.1 Å². The van der Waals surface area contributed by atoms with Gasteiger partial charge in [0.2, 0.25) is 0 Å². The Kier molecular flexibility index (Phi) is 2.66. The highest BCUT2D eigenvalue weighted by Crippen LogP contribution is 2.48. The van der Waals surface area contributed by atoms with E-state index in [1.165, 1.54) is 5.56 Å². The molecule has 1 aromatic rings. The summed E-state index contributed by atoms with van der Waals surface area (Å²) in [6, 6.07) is 3.94. The zero-order valence-electron chi connectivity index (χ0n) is 13.3. The number of nitrogens with zero attached hydrogens (tertiary/aromatic N) is 1. The highest BCUT2D eigenvalue weighted by atomic mass is 16.5. The second-order valence-electron chi connectivity index (χ2n) is 7.42. The lowest BCUT2D eigenvalue weighted by Crippen LogP contribution is -2.44. The predicted molar refractivity (Wildman–Crippen MR) is 83.0 cm³/mol. The van der Waals surface area contributed by atoms with Gasteiger partial charge in [0.1, 0.15) is 19.0 Å². The van der Waals surface area contributed by atoms with E-state index in [1.54, 1.807) is 0 Å². The van der Waals surface area contributed by atoms with Gasteiger partial charge in [-0.25, -0.2) is 4.79 Å². The lowest BCUT2D eigenvalue weighted by Gasteiger charge is -2.41. The van der Waals surface area contributed by atoms with Crippen LogP contribution >= 0.6 is 0 Å². The monoisotopic (exact) mass is 299 g/mol. The lowest BCUT2D eigenvalue weighted by molar-refractivity contribution is 0.0534. The van der Waals surface area contributed by atoms with Crippen molar-refractivity contribution in [3.05, 3.63) is 41.1 Å². The first-order valence-corrected chi connectivity index (χ1v) is 7.83. The van der Waals surface area contributed by atoms with Gasteiger partial charge >= 0.3 is 5.97 Å². The fraction of sp³-hybridized carbons (Fsp3) is 0.500. The Morgan fingerprint density at radius 3 is 2.73 bits per heavy atom. The molecule has 4 nitrogen and oxygen atoms in total. The second kappa shape index (κ2) is 4.28. The summed E-state index contributed by atoms with van der Waals surface area (Å²) in [5, 5.41) is 0. The highest BCUT2D eigenvalue weighted by Gasteiger charge is 2.44. The molecule has 3 aliphatic rings. The summed E-state index contributed by atoms with van der Waals surface area (Å²) in [5.74, 6) is 0.637. The molecular weight excluding hydrogens is 278 g/mol. The molecule has 0 aliphatic carbocycles. The number of carbonyl (C=O) groups excluding carboxylic acids is 1. The van der Waals surface area contributed by atoms with Crippen molar-refractivity contribution < 1.29 is 14.3 Å². The molecular formula is C18H21NO3. The van der Waals surface area contributed by atoms with E-state index in [-0.39, 0.29) is 16.9 Å². The van der Waals surface area contributed by atoms with Gasteiger partial charge in [-0.15, -0.1) is 0 Å². The molecule has 0 bridgehead atoms. The first-order chi connectivity index (χ1) is 10.4. The number of esters is 1. The standard InChI is InChI=1S/C18H21NO3/c1-17(2,3)19-8-6-18(7-9-19)11-22-15-13-10-21-16(20)12(13)4-5-14(15)18/h4-6,8H,7,9-11H2,1-3H3. The number of fused-ring (bicyclic) bond motifs is 4. The van der Waals surface area contributed by atoms with Crippen LogP contribution in [0.4, 0.5) is 0 Å². The largest absolute Gasteiger partial charge is 0.492 e. The van der Waals surface area contributed by atoms with E-state index in [4.69, 9.17) is 9.47 Å². The first kappa shape index (κ1) is 13.7. The number of hydrogen-bond acceptors (Lipinski definition) is 4. The number of benzene rings is 1. The third-order valence-electron chi connectivity index (χ3n) is 5.07. The van der Waals surface area contributed by atoms with E-state index in [0.29, 0.717) is 18.8 Å². The summed E-state index contributed by atoms with van der Waals surface area (Å²) in [6.45, 7) is 8.68. The minimum Gasteiger partial charge on any atom is -0.492 e. The molecule has 0 radical (unpaired) electrons. The van der Waals surface area contributed by atoms with Gasteiger partial charge in [0.05, 0.1) is 11.0 Å². The van der Waals surface area contributed by atoms with Gasteiger partial charge in [-0.3, -0.25) is 0 Å². The van der Waals surface area contributed by atoms with Crippen LogP contribution in [0, 0.1) is 0 Å². The van der Waals surface area contributed by atoms with Crippen molar-refractivity contribution in [2.24, 2.45) is 0 Å². The molecule has 1 atom stereocenters. The van der Waals surface area contributed by atoms with E-state index in [1.807, 2.05) is 12.1 Å². The van der Waals surface area contributed by atoms with Gasteiger partial charge < -0.3 is 14.4 Å². The minimum absolute atomic E-state index is 0.0578. The quantitative estimate of drug-likeness (QED) is 0.690. The zero-order chi connectivity index (χ0) is 15.5. The molecule has 0 amide bonds. The molecule has 0 aromatic heterocycles. The number of hydrogen-bond donors (Lipinski definition) is 0. The Hall–Kier alpha value is -1.97. The third kappa shape index (κ3) is 1.79. The van der Waals surface area contributed by atoms with Crippen LogP contribution in [0.5, 0.6) is 5.75 Å².